The number of para-hydroxylation sites is 2. The van der Waals surface area contributed by atoms with Crippen molar-refractivity contribution in [1.29, 1.82) is 0 Å². The third-order valence-electron chi connectivity index (χ3n) is 10.3. The summed E-state index contributed by atoms with van der Waals surface area (Å²) in [5.41, 5.74) is 3.89. The van der Waals surface area contributed by atoms with Gasteiger partial charge >= 0.3 is 13.8 Å². The zero-order valence-corrected chi connectivity index (χ0v) is 36.1. The van der Waals surface area contributed by atoms with E-state index >= 15 is 0 Å². The van der Waals surface area contributed by atoms with Crippen molar-refractivity contribution in [3.8, 4) is 11.5 Å². The molecule has 1 heterocycles. The average molecular weight is 873 g/mol. The van der Waals surface area contributed by atoms with Crippen LogP contribution in [0.5, 0.6) is 11.5 Å². The predicted octanol–water partition coefficient (Wildman–Crippen LogP) is 10.3. The van der Waals surface area contributed by atoms with Crippen molar-refractivity contribution in [2.24, 2.45) is 0 Å². The molecule has 1 fully saturated rings. The number of benzene rings is 6. The molecule has 0 aromatic heterocycles. The lowest BCUT2D eigenvalue weighted by molar-refractivity contribution is -0.274. The molecule has 6 aromatic rings. The monoisotopic (exact) mass is 872 g/mol. The third-order valence-corrected chi connectivity index (χ3v) is 11.7. The molecule has 0 aliphatic carbocycles. The minimum atomic E-state index is -4.52. The van der Waals surface area contributed by atoms with E-state index in [0.717, 1.165) is 22.3 Å². The average Bonchev–Trinajstić information content (AvgIpc) is 3.33. The number of rotatable bonds is 23. The van der Waals surface area contributed by atoms with Gasteiger partial charge in [-0.3, -0.25) is 4.52 Å². The summed E-state index contributed by atoms with van der Waals surface area (Å²) in [6.45, 7) is 1.28. The Bertz CT molecular complexity index is 2210. The van der Waals surface area contributed by atoms with E-state index in [1.54, 1.807) is 60.7 Å². The van der Waals surface area contributed by atoms with E-state index in [4.69, 9.17) is 42.0 Å². The molecule has 7 rings (SSSR count). The summed E-state index contributed by atoms with van der Waals surface area (Å²) < 4.78 is 71.5. The molecule has 0 amide bonds. The van der Waals surface area contributed by atoms with Crippen LogP contribution in [0.3, 0.4) is 0 Å². The van der Waals surface area contributed by atoms with Crippen molar-refractivity contribution in [2.75, 3.05) is 13.7 Å². The minimum Gasteiger partial charge on any atom is -0.467 e. The molecule has 6 atom stereocenters. The zero-order valence-electron chi connectivity index (χ0n) is 35.2. The van der Waals surface area contributed by atoms with Gasteiger partial charge in [0.1, 0.15) is 35.9 Å². The maximum Gasteiger partial charge on any atom is 0.588 e. The van der Waals surface area contributed by atoms with Crippen LogP contribution in [0.2, 0.25) is 0 Å². The quantitative estimate of drug-likeness (QED) is 0.0452. The fourth-order valence-electron chi connectivity index (χ4n) is 7.22. The number of esters is 1. The van der Waals surface area contributed by atoms with Crippen molar-refractivity contribution < 1.29 is 51.4 Å². The maximum atomic E-state index is 14.6. The lowest BCUT2D eigenvalue weighted by atomic mass is 9.91. The summed E-state index contributed by atoms with van der Waals surface area (Å²) in [7, 11) is -3.28. The van der Waals surface area contributed by atoms with E-state index in [1.165, 1.54) is 7.11 Å². The number of methoxy groups -OCH3 is 1. The summed E-state index contributed by atoms with van der Waals surface area (Å²) in [4.78, 5) is 13.6. The van der Waals surface area contributed by atoms with Gasteiger partial charge in [-0.2, -0.15) is 0 Å². The molecule has 328 valence electrons. The maximum absolute atomic E-state index is 14.6. The zero-order chi connectivity index (χ0) is 43.5. The summed E-state index contributed by atoms with van der Waals surface area (Å²) >= 11 is 0. The first-order chi connectivity index (χ1) is 30.9. The molecule has 1 aliphatic heterocycles. The first kappa shape index (κ1) is 45.4. The van der Waals surface area contributed by atoms with Crippen LogP contribution in [0.1, 0.15) is 35.1 Å². The van der Waals surface area contributed by atoms with Gasteiger partial charge < -0.3 is 37.5 Å². The van der Waals surface area contributed by atoms with Gasteiger partial charge in [0.05, 0.1) is 46.2 Å². The molecule has 0 bridgehead atoms. The molecular formula is C51H53O11P. The molecule has 12 heteroatoms. The van der Waals surface area contributed by atoms with E-state index < -0.39 is 50.4 Å². The molecular weight excluding hydrogens is 820 g/mol. The number of carbonyl (C=O) groups excluding carboxylic acids is 1. The van der Waals surface area contributed by atoms with E-state index in [1.807, 2.05) is 121 Å². The Morgan fingerprint density at radius 2 is 0.905 bits per heavy atom. The van der Waals surface area contributed by atoms with Crippen LogP contribution >= 0.6 is 7.82 Å². The molecule has 1 saturated heterocycles. The highest BCUT2D eigenvalue weighted by Gasteiger charge is 2.49. The Morgan fingerprint density at radius 1 is 0.524 bits per heavy atom. The van der Waals surface area contributed by atoms with E-state index in [9.17, 15) is 9.36 Å². The molecule has 0 spiro atoms. The van der Waals surface area contributed by atoms with E-state index in [2.05, 4.69) is 0 Å². The number of carbonyl (C=O) groups is 1. The van der Waals surface area contributed by atoms with Crippen molar-refractivity contribution in [3.63, 3.8) is 0 Å². The number of hydrogen-bond donors (Lipinski definition) is 0. The van der Waals surface area contributed by atoms with Gasteiger partial charge in [0.25, 0.3) is 0 Å². The predicted molar refractivity (Wildman–Crippen MR) is 238 cm³/mol. The first-order valence-corrected chi connectivity index (χ1v) is 22.5. The van der Waals surface area contributed by atoms with Crippen LogP contribution in [-0.2, 0) is 68.7 Å². The van der Waals surface area contributed by atoms with Gasteiger partial charge in [-0.05, 0) is 59.4 Å². The van der Waals surface area contributed by atoms with E-state index in [-0.39, 0.29) is 50.8 Å². The Hall–Kier alpha value is -5.62. The third kappa shape index (κ3) is 13.9. The van der Waals surface area contributed by atoms with Gasteiger partial charge in [-0.25, -0.2) is 9.36 Å². The molecule has 1 aliphatic rings. The van der Waals surface area contributed by atoms with Crippen LogP contribution in [0, 0.1) is 0 Å². The lowest BCUT2D eigenvalue weighted by Crippen LogP contribution is -2.61. The molecule has 11 nitrogen and oxygen atoms in total. The van der Waals surface area contributed by atoms with E-state index in [0.29, 0.717) is 6.61 Å². The summed E-state index contributed by atoms with van der Waals surface area (Å²) in [5, 5.41) is 0. The van der Waals surface area contributed by atoms with Crippen molar-refractivity contribution in [1.82, 2.24) is 0 Å². The van der Waals surface area contributed by atoms with Crippen molar-refractivity contribution in [2.45, 2.75) is 75.9 Å². The topological polar surface area (TPSA) is 117 Å². The second kappa shape index (κ2) is 23.7. The number of phosphoric acid groups is 1. The van der Waals surface area contributed by atoms with Gasteiger partial charge in [-0.1, -0.05) is 158 Å². The van der Waals surface area contributed by atoms with Crippen LogP contribution in [-0.4, -0.2) is 56.3 Å². The Balaban J connectivity index is 1.20. The Kier molecular flexibility index (Phi) is 17.1. The normalized spacial score (nSPS) is 19.2. The molecule has 6 aromatic carbocycles. The molecule has 0 unspecified atom stereocenters. The van der Waals surface area contributed by atoms with Crippen molar-refractivity contribution in [3.05, 3.63) is 204 Å². The van der Waals surface area contributed by atoms with Crippen LogP contribution in [0.4, 0.5) is 0 Å². The Morgan fingerprint density at radius 3 is 1.33 bits per heavy atom. The Labute approximate surface area is 369 Å². The highest BCUT2D eigenvalue weighted by Crippen LogP contribution is 2.51. The van der Waals surface area contributed by atoms with Crippen LogP contribution in [0.15, 0.2) is 182 Å². The van der Waals surface area contributed by atoms with Gasteiger partial charge in [0.2, 0.25) is 0 Å². The fraction of sp³-hybridized carbons (Fsp3) is 0.275. The summed E-state index contributed by atoms with van der Waals surface area (Å²) in [5.74, 6) is -0.322. The molecule has 0 saturated carbocycles. The highest BCUT2D eigenvalue weighted by atomic mass is 31.2. The molecule has 0 N–H and O–H groups in total. The molecule has 0 radical (unpaired) electrons. The first-order valence-electron chi connectivity index (χ1n) is 21.0. The highest BCUT2D eigenvalue weighted by molar-refractivity contribution is 7.49. The minimum absolute atomic E-state index is 0.0264. The van der Waals surface area contributed by atoms with Crippen molar-refractivity contribution >= 4 is 13.8 Å². The number of phosphoric ester groups is 1. The second-order valence-electron chi connectivity index (χ2n) is 14.9. The lowest BCUT2D eigenvalue weighted by Gasteiger charge is -2.46. The fourth-order valence-corrected chi connectivity index (χ4v) is 8.60. The number of ether oxygens (including phenoxy) is 6. The number of hydrogen-bond acceptors (Lipinski definition) is 11. The molecule has 63 heavy (non-hydrogen) atoms. The summed E-state index contributed by atoms with van der Waals surface area (Å²) in [6.07, 6.45) is -4.70. The van der Waals surface area contributed by atoms with Gasteiger partial charge in [-0.15, -0.1) is 0 Å². The summed E-state index contributed by atoms with van der Waals surface area (Å²) in [6, 6.07) is 56.5. The smallest absolute Gasteiger partial charge is 0.467 e. The SMILES string of the molecule is COC(=O)[C@@H](CC[C@@H]1O[C@H](COCc2ccccc2)[C@@H](OCc2ccccc2)[C@H](OCc2ccccc2)[C@H]1OCc1ccccc1)OP(=O)(Oc1ccccc1)Oc1ccccc1. The standard InChI is InChI=1S/C51H53O11P/c1-54-51(52)46(62-63(53,60-43-28-16-6-17-29-43)61-44-30-18-7-19-31-44)33-32-45-48(56-35-40-22-10-3-11-23-40)50(58-37-42-26-14-5-15-27-42)49(57-36-41-24-12-4-13-25-41)47(59-45)38-55-34-39-20-8-2-9-21-39/h2-31,45-50H,32-38H2,1H3/t45-,46+,47+,48-,49+,50+/m0/s1. The second-order valence-corrected chi connectivity index (χ2v) is 16.4. The largest absolute Gasteiger partial charge is 0.588 e. The van der Waals surface area contributed by atoms with Crippen LogP contribution in [0.25, 0.3) is 0 Å². The van der Waals surface area contributed by atoms with Gasteiger partial charge in [0.15, 0.2) is 6.10 Å². The van der Waals surface area contributed by atoms with Crippen LogP contribution < -0.4 is 9.05 Å². The van der Waals surface area contributed by atoms with Gasteiger partial charge in [0, 0.05) is 0 Å².